The summed E-state index contributed by atoms with van der Waals surface area (Å²) in [5, 5.41) is 0. The molecule has 2 aromatic heterocycles. The van der Waals surface area contributed by atoms with Crippen LogP contribution in [0.1, 0.15) is 17.4 Å². The Morgan fingerprint density at radius 2 is 1.80 bits per heavy atom. The first-order valence-electron chi connectivity index (χ1n) is 6.30. The Morgan fingerprint density at radius 1 is 1.00 bits per heavy atom. The Labute approximate surface area is 125 Å². The number of halogens is 1. The Bertz CT molecular complexity index is 727. The second-order valence-corrected chi connectivity index (χ2v) is 5.48. The van der Waals surface area contributed by atoms with Crippen molar-refractivity contribution in [3.05, 3.63) is 64.7 Å². The maximum absolute atomic E-state index is 6.20. The fraction of sp³-hybridized carbons (Fsp3) is 0.133. The minimum atomic E-state index is -0.208. The van der Waals surface area contributed by atoms with E-state index >= 15 is 0 Å². The Hall–Kier alpha value is -1.85. The average Bonchev–Trinajstić information content (AvgIpc) is 2.49. The van der Waals surface area contributed by atoms with Crippen molar-refractivity contribution in [1.82, 2.24) is 15.0 Å². The van der Waals surface area contributed by atoms with E-state index in [-0.39, 0.29) is 6.04 Å². The number of aromatic nitrogens is 3. The molecule has 1 unspecified atom stereocenters. The molecule has 0 radical (unpaired) electrons. The van der Waals surface area contributed by atoms with Crippen molar-refractivity contribution in [3.8, 4) is 0 Å². The lowest BCUT2D eigenvalue weighted by Crippen LogP contribution is -2.16. The number of hydrogen-bond donors (Lipinski definition) is 1. The monoisotopic (exact) mass is 328 g/mol. The van der Waals surface area contributed by atoms with Gasteiger partial charge in [-0.2, -0.15) is 0 Å². The van der Waals surface area contributed by atoms with E-state index in [9.17, 15) is 0 Å². The summed E-state index contributed by atoms with van der Waals surface area (Å²) in [6.07, 6.45) is 4.15. The molecule has 100 valence electrons. The summed E-state index contributed by atoms with van der Waals surface area (Å²) in [6.45, 7) is 0. The molecule has 3 aromatic rings. The van der Waals surface area contributed by atoms with Crippen molar-refractivity contribution in [2.45, 2.75) is 12.5 Å². The summed E-state index contributed by atoms with van der Waals surface area (Å²) in [6, 6.07) is 11.5. The highest BCUT2D eigenvalue weighted by atomic mass is 79.9. The maximum atomic E-state index is 6.20. The predicted molar refractivity (Wildman–Crippen MR) is 82.1 cm³/mol. The molecule has 5 heteroatoms. The highest BCUT2D eigenvalue weighted by Gasteiger charge is 2.11. The second-order valence-electron chi connectivity index (χ2n) is 4.56. The first-order valence-corrected chi connectivity index (χ1v) is 7.09. The number of pyridine rings is 1. The molecule has 1 atom stereocenters. The van der Waals surface area contributed by atoms with E-state index in [2.05, 4.69) is 30.9 Å². The van der Waals surface area contributed by atoms with E-state index < -0.39 is 0 Å². The third-order valence-corrected chi connectivity index (χ3v) is 3.53. The molecule has 3 rings (SSSR count). The highest BCUT2D eigenvalue weighted by molar-refractivity contribution is 9.10. The molecule has 4 nitrogen and oxygen atoms in total. The van der Waals surface area contributed by atoms with Crippen LogP contribution in [0.5, 0.6) is 0 Å². The molecular formula is C15H13BrN4. The third kappa shape index (κ3) is 2.84. The van der Waals surface area contributed by atoms with E-state index in [0.717, 1.165) is 26.9 Å². The van der Waals surface area contributed by atoms with Crippen LogP contribution in [0, 0.1) is 0 Å². The molecule has 0 saturated heterocycles. The van der Waals surface area contributed by atoms with Crippen molar-refractivity contribution >= 4 is 27.0 Å². The second kappa shape index (κ2) is 5.64. The van der Waals surface area contributed by atoms with Crippen LogP contribution in [0.2, 0.25) is 0 Å². The zero-order valence-electron chi connectivity index (χ0n) is 10.7. The SMILES string of the molecule is NC(Cc1ccc(Br)cn1)c1cnc2ccccc2n1. The zero-order valence-corrected chi connectivity index (χ0v) is 12.3. The van der Waals surface area contributed by atoms with Gasteiger partial charge in [0.1, 0.15) is 0 Å². The minimum Gasteiger partial charge on any atom is -0.322 e. The van der Waals surface area contributed by atoms with E-state index in [1.165, 1.54) is 0 Å². The summed E-state index contributed by atoms with van der Waals surface area (Å²) < 4.78 is 0.959. The quantitative estimate of drug-likeness (QED) is 0.802. The van der Waals surface area contributed by atoms with Gasteiger partial charge in [-0.15, -0.1) is 0 Å². The van der Waals surface area contributed by atoms with Crippen molar-refractivity contribution in [2.75, 3.05) is 0 Å². The largest absolute Gasteiger partial charge is 0.322 e. The van der Waals surface area contributed by atoms with Crippen LogP contribution >= 0.6 is 15.9 Å². The number of benzene rings is 1. The normalized spacial score (nSPS) is 12.5. The molecular weight excluding hydrogens is 316 g/mol. The predicted octanol–water partition coefficient (Wildman–Crippen LogP) is 3.03. The number of nitrogens with zero attached hydrogens (tertiary/aromatic N) is 3. The number of nitrogens with two attached hydrogens (primary N) is 1. The minimum absolute atomic E-state index is 0.208. The lowest BCUT2D eigenvalue weighted by Gasteiger charge is -2.11. The Kier molecular flexibility index (Phi) is 3.71. The summed E-state index contributed by atoms with van der Waals surface area (Å²) in [7, 11) is 0. The molecule has 0 amide bonds. The van der Waals surface area contributed by atoms with Gasteiger partial charge in [0.05, 0.1) is 29.0 Å². The molecule has 0 fully saturated rings. The first kappa shape index (κ1) is 13.1. The van der Waals surface area contributed by atoms with Crippen LogP contribution < -0.4 is 5.73 Å². The van der Waals surface area contributed by atoms with Gasteiger partial charge in [-0.05, 0) is 40.2 Å². The summed E-state index contributed by atoms with van der Waals surface area (Å²) in [4.78, 5) is 13.3. The topological polar surface area (TPSA) is 64.7 Å². The lowest BCUT2D eigenvalue weighted by atomic mass is 10.1. The average molecular weight is 329 g/mol. The van der Waals surface area contributed by atoms with Crippen LogP contribution in [0.15, 0.2) is 53.3 Å². The smallest absolute Gasteiger partial charge is 0.0890 e. The van der Waals surface area contributed by atoms with Crippen molar-refractivity contribution in [1.29, 1.82) is 0 Å². The van der Waals surface area contributed by atoms with Crippen molar-refractivity contribution in [2.24, 2.45) is 5.73 Å². The number of hydrogen-bond acceptors (Lipinski definition) is 4. The van der Waals surface area contributed by atoms with Gasteiger partial charge < -0.3 is 5.73 Å². The van der Waals surface area contributed by atoms with E-state index in [1.54, 1.807) is 12.4 Å². The Morgan fingerprint density at radius 3 is 2.55 bits per heavy atom. The van der Waals surface area contributed by atoms with Crippen LogP contribution in [-0.4, -0.2) is 15.0 Å². The summed E-state index contributed by atoms with van der Waals surface area (Å²) >= 11 is 3.37. The van der Waals surface area contributed by atoms with Gasteiger partial charge in [0.15, 0.2) is 0 Å². The van der Waals surface area contributed by atoms with Gasteiger partial charge in [0.2, 0.25) is 0 Å². The number of rotatable bonds is 3. The fourth-order valence-corrected chi connectivity index (χ4v) is 2.24. The summed E-state index contributed by atoms with van der Waals surface area (Å²) in [5.74, 6) is 0. The highest BCUT2D eigenvalue weighted by Crippen LogP contribution is 2.16. The molecule has 2 heterocycles. The van der Waals surface area contributed by atoms with Gasteiger partial charge in [0, 0.05) is 22.8 Å². The fourth-order valence-electron chi connectivity index (χ4n) is 2.01. The van der Waals surface area contributed by atoms with Crippen molar-refractivity contribution in [3.63, 3.8) is 0 Å². The van der Waals surface area contributed by atoms with Crippen molar-refractivity contribution < 1.29 is 0 Å². The molecule has 20 heavy (non-hydrogen) atoms. The van der Waals surface area contributed by atoms with Crippen LogP contribution in [0.25, 0.3) is 11.0 Å². The molecule has 0 aliphatic carbocycles. The standard InChI is InChI=1S/C15H13BrN4/c16-10-5-6-11(18-8-10)7-12(17)15-9-19-13-3-1-2-4-14(13)20-15/h1-6,8-9,12H,7,17H2. The van der Waals surface area contributed by atoms with Gasteiger partial charge in [0.25, 0.3) is 0 Å². The van der Waals surface area contributed by atoms with Gasteiger partial charge in [-0.25, -0.2) is 4.98 Å². The first-order chi connectivity index (χ1) is 9.72. The molecule has 0 spiro atoms. The third-order valence-electron chi connectivity index (χ3n) is 3.06. The van der Waals surface area contributed by atoms with Crippen LogP contribution in [0.4, 0.5) is 0 Å². The van der Waals surface area contributed by atoms with E-state index in [1.807, 2.05) is 36.4 Å². The lowest BCUT2D eigenvalue weighted by molar-refractivity contribution is 0.683. The molecule has 0 bridgehead atoms. The Balaban J connectivity index is 1.84. The molecule has 1 aromatic carbocycles. The van der Waals surface area contributed by atoms with Crippen LogP contribution in [0.3, 0.4) is 0 Å². The molecule has 0 aliphatic rings. The number of fused-ring (bicyclic) bond motifs is 1. The van der Waals surface area contributed by atoms with Gasteiger partial charge >= 0.3 is 0 Å². The zero-order chi connectivity index (χ0) is 13.9. The van der Waals surface area contributed by atoms with Gasteiger partial charge in [-0.1, -0.05) is 12.1 Å². The summed E-state index contributed by atoms with van der Waals surface area (Å²) in [5.41, 5.74) is 9.67. The maximum Gasteiger partial charge on any atom is 0.0890 e. The van der Waals surface area contributed by atoms with Gasteiger partial charge in [-0.3, -0.25) is 9.97 Å². The van der Waals surface area contributed by atoms with E-state index in [4.69, 9.17) is 5.73 Å². The number of para-hydroxylation sites is 2. The van der Waals surface area contributed by atoms with E-state index in [0.29, 0.717) is 6.42 Å². The molecule has 2 N–H and O–H groups in total. The molecule has 0 saturated carbocycles. The van der Waals surface area contributed by atoms with Crippen LogP contribution in [-0.2, 0) is 6.42 Å². The molecule has 0 aliphatic heterocycles.